The second-order valence-electron chi connectivity index (χ2n) is 5.64. The summed E-state index contributed by atoms with van der Waals surface area (Å²) in [6, 6.07) is 4.01. The summed E-state index contributed by atoms with van der Waals surface area (Å²) in [6.07, 6.45) is 4.06. The van der Waals surface area contributed by atoms with E-state index in [9.17, 15) is 12.8 Å². The first-order valence-corrected chi connectivity index (χ1v) is 8.86. The SMILES string of the molecule is O=S(=O)(c1ccc(F)c(CCl)c1)N(CC1CC1)C1CC1. The highest BCUT2D eigenvalue weighted by atomic mass is 35.5. The number of halogens is 2. The van der Waals surface area contributed by atoms with E-state index in [0.29, 0.717) is 12.5 Å². The molecule has 0 spiro atoms. The lowest BCUT2D eigenvalue weighted by atomic mass is 10.2. The van der Waals surface area contributed by atoms with Crippen molar-refractivity contribution < 1.29 is 12.8 Å². The minimum absolute atomic E-state index is 0.0265. The predicted molar refractivity (Wildman–Crippen MR) is 75.6 cm³/mol. The highest BCUT2D eigenvalue weighted by molar-refractivity contribution is 7.89. The summed E-state index contributed by atoms with van der Waals surface area (Å²) in [4.78, 5) is 0.155. The molecule has 0 heterocycles. The number of hydrogen-bond donors (Lipinski definition) is 0. The van der Waals surface area contributed by atoms with Crippen molar-refractivity contribution in [3.63, 3.8) is 0 Å². The smallest absolute Gasteiger partial charge is 0.207 e. The summed E-state index contributed by atoms with van der Waals surface area (Å²) < 4.78 is 40.5. The van der Waals surface area contributed by atoms with Gasteiger partial charge in [-0.05, 0) is 49.8 Å². The Kier molecular flexibility index (Phi) is 3.77. The molecule has 2 aliphatic rings. The molecule has 0 N–H and O–H groups in total. The van der Waals surface area contributed by atoms with Crippen LogP contribution in [0.5, 0.6) is 0 Å². The number of sulfonamides is 1. The van der Waals surface area contributed by atoms with Gasteiger partial charge >= 0.3 is 0 Å². The van der Waals surface area contributed by atoms with E-state index in [0.717, 1.165) is 25.7 Å². The summed E-state index contributed by atoms with van der Waals surface area (Å²) in [5.41, 5.74) is 0.231. The van der Waals surface area contributed by atoms with Gasteiger partial charge in [0.15, 0.2) is 0 Å². The third kappa shape index (κ3) is 2.85. The van der Waals surface area contributed by atoms with Crippen LogP contribution in [0.4, 0.5) is 4.39 Å². The van der Waals surface area contributed by atoms with Crippen molar-refractivity contribution in [2.45, 2.75) is 42.5 Å². The van der Waals surface area contributed by atoms with Crippen LogP contribution in [0, 0.1) is 11.7 Å². The van der Waals surface area contributed by atoms with E-state index in [1.165, 1.54) is 18.2 Å². The van der Waals surface area contributed by atoms with Crippen LogP contribution < -0.4 is 0 Å². The van der Waals surface area contributed by atoms with E-state index in [1.807, 2.05) is 0 Å². The Morgan fingerprint density at radius 1 is 1.25 bits per heavy atom. The van der Waals surface area contributed by atoms with E-state index >= 15 is 0 Å². The van der Waals surface area contributed by atoms with Gasteiger partial charge in [-0.1, -0.05) is 0 Å². The first-order chi connectivity index (χ1) is 9.52. The molecule has 3 nitrogen and oxygen atoms in total. The molecule has 3 rings (SSSR count). The van der Waals surface area contributed by atoms with Crippen LogP contribution in [0.25, 0.3) is 0 Å². The molecular weight excluding hydrogens is 301 g/mol. The predicted octanol–water partition coefficient (Wildman–Crippen LogP) is 3.13. The normalized spacial score (nSPS) is 19.6. The molecule has 1 aromatic rings. The zero-order valence-electron chi connectivity index (χ0n) is 11.1. The molecule has 0 aliphatic heterocycles. The fraction of sp³-hybridized carbons (Fsp3) is 0.571. The maximum atomic E-state index is 13.5. The van der Waals surface area contributed by atoms with Crippen molar-refractivity contribution in [2.75, 3.05) is 6.54 Å². The zero-order chi connectivity index (χ0) is 14.3. The Hall–Kier alpha value is -0.650. The number of alkyl halides is 1. The lowest BCUT2D eigenvalue weighted by Crippen LogP contribution is -2.35. The topological polar surface area (TPSA) is 37.4 Å². The van der Waals surface area contributed by atoms with E-state index < -0.39 is 15.8 Å². The monoisotopic (exact) mass is 317 g/mol. The van der Waals surface area contributed by atoms with Crippen molar-refractivity contribution in [1.82, 2.24) is 4.31 Å². The molecule has 2 saturated carbocycles. The third-order valence-electron chi connectivity index (χ3n) is 3.86. The highest BCUT2D eigenvalue weighted by Gasteiger charge is 2.41. The maximum absolute atomic E-state index is 13.5. The molecule has 20 heavy (non-hydrogen) atoms. The molecule has 0 bridgehead atoms. The van der Waals surface area contributed by atoms with Gasteiger partial charge in [0.2, 0.25) is 10.0 Å². The van der Waals surface area contributed by atoms with E-state index in [1.54, 1.807) is 4.31 Å². The Bertz CT molecular complexity index is 612. The average molecular weight is 318 g/mol. The van der Waals surface area contributed by atoms with Gasteiger partial charge in [-0.3, -0.25) is 0 Å². The summed E-state index contributed by atoms with van der Waals surface area (Å²) in [6.45, 7) is 0.598. The minimum atomic E-state index is -3.53. The van der Waals surface area contributed by atoms with E-state index in [-0.39, 0.29) is 22.4 Å². The Labute approximate surface area is 123 Å². The Balaban J connectivity index is 1.92. The largest absolute Gasteiger partial charge is 0.243 e. The quantitative estimate of drug-likeness (QED) is 0.756. The number of rotatable bonds is 6. The molecule has 0 aromatic heterocycles. The van der Waals surface area contributed by atoms with Crippen LogP contribution in [0.3, 0.4) is 0 Å². The lowest BCUT2D eigenvalue weighted by Gasteiger charge is -2.22. The molecule has 0 radical (unpaired) electrons. The lowest BCUT2D eigenvalue weighted by molar-refractivity contribution is 0.388. The van der Waals surface area contributed by atoms with Gasteiger partial charge in [-0.25, -0.2) is 12.8 Å². The van der Waals surface area contributed by atoms with Gasteiger partial charge in [-0.15, -0.1) is 11.6 Å². The van der Waals surface area contributed by atoms with Gasteiger partial charge in [-0.2, -0.15) is 4.31 Å². The molecular formula is C14H17ClFNO2S. The molecule has 2 fully saturated rings. The summed E-state index contributed by atoms with van der Waals surface area (Å²) in [5, 5.41) is 0. The maximum Gasteiger partial charge on any atom is 0.243 e. The van der Waals surface area contributed by atoms with Crippen LogP contribution in [0.15, 0.2) is 23.1 Å². The molecule has 0 atom stereocenters. The molecule has 110 valence electrons. The molecule has 1 aromatic carbocycles. The molecule has 0 unspecified atom stereocenters. The fourth-order valence-corrected chi connectivity index (χ4v) is 4.33. The van der Waals surface area contributed by atoms with Crippen molar-refractivity contribution in [1.29, 1.82) is 0 Å². The summed E-state index contributed by atoms with van der Waals surface area (Å²) >= 11 is 5.65. The van der Waals surface area contributed by atoms with Gasteiger partial charge in [0.25, 0.3) is 0 Å². The molecule has 6 heteroatoms. The van der Waals surface area contributed by atoms with E-state index in [4.69, 9.17) is 11.6 Å². The van der Waals surface area contributed by atoms with Crippen molar-refractivity contribution in [3.8, 4) is 0 Å². The van der Waals surface area contributed by atoms with Gasteiger partial charge < -0.3 is 0 Å². The summed E-state index contributed by atoms with van der Waals surface area (Å²) in [5.74, 6) is 0.0128. The van der Waals surface area contributed by atoms with Gasteiger partial charge in [0, 0.05) is 18.2 Å². The van der Waals surface area contributed by atoms with E-state index in [2.05, 4.69) is 0 Å². The van der Waals surface area contributed by atoms with Crippen molar-refractivity contribution in [2.24, 2.45) is 5.92 Å². The Morgan fingerprint density at radius 3 is 2.50 bits per heavy atom. The summed E-state index contributed by atoms with van der Waals surface area (Å²) in [7, 11) is -3.53. The third-order valence-corrected chi connectivity index (χ3v) is 6.06. The second-order valence-corrected chi connectivity index (χ2v) is 7.79. The van der Waals surface area contributed by atoms with Crippen molar-refractivity contribution in [3.05, 3.63) is 29.6 Å². The van der Waals surface area contributed by atoms with Crippen LogP contribution in [0.1, 0.15) is 31.2 Å². The Morgan fingerprint density at radius 2 is 1.95 bits per heavy atom. The molecule has 2 aliphatic carbocycles. The van der Waals surface area contributed by atoms with Crippen LogP contribution >= 0.6 is 11.6 Å². The number of hydrogen-bond acceptors (Lipinski definition) is 2. The first kappa shape index (κ1) is 14.3. The van der Waals surface area contributed by atoms with Crippen molar-refractivity contribution >= 4 is 21.6 Å². The number of benzene rings is 1. The van der Waals surface area contributed by atoms with Crippen LogP contribution in [-0.2, 0) is 15.9 Å². The van der Waals surface area contributed by atoms with Crippen LogP contribution in [-0.4, -0.2) is 25.3 Å². The van der Waals surface area contributed by atoms with Gasteiger partial charge in [0.1, 0.15) is 5.82 Å². The first-order valence-electron chi connectivity index (χ1n) is 6.88. The average Bonchev–Trinajstić information content (AvgIpc) is 3.28. The number of nitrogens with zero attached hydrogens (tertiary/aromatic N) is 1. The fourth-order valence-electron chi connectivity index (χ4n) is 2.31. The zero-order valence-corrected chi connectivity index (χ0v) is 12.6. The standard InChI is InChI=1S/C14H17ClFNO2S/c15-8-11-7-13(5-6-14(11)16)20(18,19)17(12-3-4-12)9-10-1-2-10/h5-7,10,12H,1-4,8-9H2. The molecule has 0 saturated heterocycles. The van der Waals surface area contributed by atoms with Gasteiger partial charge in [0.05, 0.1) is 10.8 Å². The highest BCUT2D eigenvalue weighted by Crippen LogP contribution is 2.38. The minimum Gasteiger partial charge on any atom is -0.207 e. The van der Waals surface area contributed by atoms with Crippen LogP contribution in [0.2, 0.25) is 0 Å². The second kappa shape index (κ2) is 5.28. The molecule has 0 amide bonds.